The maximum absolute atomic E-state index is 10.3. The van der Waals surface area contributed by atoms with Crippen molar-refractivity contribution in [3.63, 3.8) is 0 Å². The fourth-order valence-electron chi connectivity index (χ4n) is 2.29. The Hall–Kier alpha value is -2.11. The average Bonchev–Trinajstić information content (AvgIpc) is 3.10. The number of furan rings is 1. The summed E-state index contributed by atoms with van der Waals surface area (Å²) in [6, 6.07) is 9.60. The average molecular weight is 271 g/mol. The lowest BCUT2D eigenvalue weighted by atomic mass is 10.0. The molecule has 0 spiro atoms. The summed E-state index contributed by atoms with van der Waals surface area (Å²) in [5.41, 5.74) is 1.12. The van der Waals surface area contributed by atoms with E-state index in [1.165, 1.54) is 0 Å². The second-order valence-corrected chi connectivity index (χ2v) is 5.11. The van der Waals surface area contributed by atoms with Gasteiger partial charge in [0.15, 0.2) is 0 Å². The van der Waals surface area contributed by atoms with Gasteiger partial charge in [-0.15, -0.1) is 0 Å². The maximum atomic E-state index is 10.3. The second-order valence-electron chi connectivity index (χ2n) is 5.11. The number of nitrogens with one attached hydrogen (secondary N) is 2. The summed E-state index contributed by atoms with van der Waals surface area (Å²) in [6.07, 6.45) is 3.37. The number of H-pyrrole nitrogens is 1. The highest BCUT2D eigenvalue weighted by Crippen LogP contribution is 2.20. The molecule has 0 saturated heterocycles. The van der Waals surface area contributed by atoms with E-state index >= 15 is 0 Å². The van der Waals surface area contributed by atoms with Gasteiger partial charge in [0.1, 0.15) is 11.4 Å². The van der Waals surface area contributed by atoms with E-state index in [-0.39, 0.29) is 0 Å². The predicted molar refractivity (Wildman–Crippen MR) is 76.1 cm³/mol. The van der Waals surface area contributed by atoms with Crippen LogP contribution in [0.5, 0.6) is 0 Å². The molecule has 0 aliphatic heterocycles. The first-order valence-electron chi connectivity index (χ1n) is 6.55. The number of benzene rings is 1. The Morgan fingerprint density at radius 3 is 3.05 bits per heavy atom. The fraction of sp³-hybridized carbons (Fsp3) is 0.267. The Morgan fingerprint density at radius 2 is 2.25 bits per heavy atom. The molecule has 2 heterocycles. The van der Waals surface area contributed by atoms with Gasteiger partial charge in [-0.25, -0.2) is 0 Å². The van der Waals surface area contributed by atoms with Gasteiger partial charge < -0.3 is 14.8 Å². The van der Waals surface area contributed by atoms with E-state index in [0.717, 1.165) is 16.5 Å². The minimum Gasteiger partial charge on any atom is -0.466 e. The Kier molecular flexibility index (Phi) is 3.30. The summed E-state index contributed by atoms with van der Waals surface area (Å²) in [4.78, 5) is 0. The van der Waals surface area contributed by atoms with Crippen molar-refractivity contribution in [2.45, 2.75) is 19.1 Å². The van der Waals surface area contributed by atoms with Crippen LogP contribution in [0, 0.1) is 0 Å². The zero-order valence-electron chi connectivity index (χ0n) is 11.3. The SMILES string of the molecule is CC(O)(CNCc1cccc2cn[nH]c12)c1ccco1. The molecule has 1 unspecified atom stereocenters. The third-order valence-corrected chi connectivity index (χ3v) is 3.40. The summed E-state index contributed by atoms with van der Waals surface area (Å²) >= 11 is 0. The van der Waals surface area contributed by atoms with Crippen LogP contribution in [0.25, 0.3) is 10.9 Å². The standard InChI is InChI=1S/C15H17N3O2/c1-15(19,13-6-3-7-20-13)10-16-8-11-4-2-5-12-9-17-18-14(11)12/h2-7,9,16,19H,8,10H2,1H3,(H,17,18). The smallest absolute Gasteiger partial charge is 0.136 e. The molecule has 0 radical (unpaired) electrons. The molecular formula is C15H17N3O2. The van der Waals surface area contributed by atoms with E-state index < -0.39 is 5.60 Å². The van der Waals surface area contributed by atoms with Crippen molar-refractivity contribution in [2.24, 2.45) is 0 Å². The normalized spacial score (nSPS) is 14.5. The van der Waals surface area contributed by atoms with Gasteiger partial charge in [-0.2, -0.15) is 5.10 Å². The molecule has 0 amide bonds. The molecule has 3 N–H and O–H groups in total. The summed E-state index contributed by atoms with van der Waals surface area (Å²) in [5, 5.41) is 21.7. The lowest BCUT2D eigenvalue weighted by Gasteiger charge is -2.21. The molecule has 3 rings (SSSR count). The molecule has 2 aromatic heterocycles. The minimum atomic E-state index is -1.02. The Bertz CT molecular complexity index is 686. The molecule has 0 saturated carbocycles. The Labute approximate surface area is 116 Å². The molecule has 0 fully saturated rings. The zero-order chi connectivity index (χ0) is 14.0. The second kappa shape index (κ2) is 5.11. The van der Waals surface area contributed by atoms with Crippen LogP contribution in [0.3, 0.4) is 0 Å². The first-order chi connectivity index (χ1) is 9.67. The number of aromatic amines is 1. The molecule has 1 aromatic carbocycles. The topological polar surface area (TPSA) is 74.1 Å². The van der Waals surface area contributed by atoms with Gasteiger partial charge in [0, 0.05) is 18.5 Å². The van der Waals surface area contributed by atoms with Gasteiger partial charge in [0.25, 0.3) is 0 Å². The van der Waals surface area contributed by atoms with Gasteiger partial charge in [-0.3, -0.25) is 5.10 Å². The Balaban J connectivity index is 1.67. The maximum Gasteiger partial charge on any atom is 0.136 e. The molecule has 0 aliphatic rings. The summed E-state index contributed by atoms with van der Waals surface area (Å²) in [7, 11) is 0. The van der Waals surface area contributed by atoms with Gasteiger partial charge >= 0.3 is 0 Å². The van der Waals surface area contributed by atoms with Crippen LogP contribution in [0.1, 0.15) is 18.2 Å². The van der Waals surface area contributed by atoms with E-state index in [4.69, 9.17) is 4.42 Å². The molecule has 20 heavy (non-hydrogen) atoms. The van der Waals surface area contributed by atoms with Crippen LogP contribution in [0.15, 0.2) is 47.2 Å². The monoisotopic (exact) mass is 271 g/mol. The number of hydrogen-bond acceptors (Lipinski definition) is 4. The quantitative estimate of drug-likeness (QED) is 0.664. The lowest BCUT2D eigenvalue weighted by Crippen LogP contribution is -2.34. The van der Waals surface area contributed by atoms with Gasteiger partial charge in [-0.05, 0) is 24.6 Å². The van der Waals surface area contributed by atoms with Crippen molar-refractivity contribution in [1.82, 2.24) is 15.5 Å². The van der Waals surface area contributed by atoms with Gasteiger partial charge in [-0.1, -0.05) is 18.2 Å². The first-order valence-corrected chi connectivity index (χ1v) is 6.55. The van der Waals surface area contributed by atoms with E-state index in [1.807, 2.05) is 18.2 Å². The lowest BCUT2D eigenvalue weighted by molar-refractivity contribution is 0.0340. The number of rotatable bonds is 5. The molecule has 104 valence electrons. The van der Waals surface area contributed by atoms with E-state index in [9.17, 15) is 5.11 Å². The number of aliphatic hydroxyl groups is 1. The van der Waals surface area contributed by atoms with Crippen LogP contribution in [0.2, 0.25) is 0 Å². The third kappa shape index (κ3) is 2.45. The zero-order valence-corrected chi connectivity index (χ0v) is 11.3. The van der Waals surface area contributed by atoms with E-state index in [2.05, 4.69) is 15.5 Å². The highest BCUT2D eigenvalue weighted by Gasteiger charge is 2.25. The molecule has 5 nitrogen and oxygen atoms in total. The van der Waals surface area contributed by atoms with Gasteiger partial charge in [0.05, 0.1) is 18.0 Å². The largest absolute Gasteiger partial charge is 0.466 e. The van der Waals surface area contributed by atoms with Gasteiger partial charge in [0.2, 0.25) is 0 Å². The van der Waals surface area contributed by atoms with Crippen molar-refractivity contribution in [3.05, 3.63) is 54.1 Å². The number of hydrogen-bond donors (Lipinski definition) is 3. The Morgan fingerprint density at radius 1 is 1.35 bits per heavy atom. The molecule has 0 aliphatic carbocycles. The first kappa shape index (κ1) is 12.9. The van der Waals surface area contributed by atoms with Crippen LogP contribution < -0.4 is 5.32 Å². The van der Waals surface area contributed by atoms with Crippen LogP contribution >= 0.6 is 0 Å². The van der Waals surface area contributed by atoms with Crippen LogP contribution in [-0.4, -0.2) is 21.8 Å². The minimum absolute atomic E-state index is 0.408. The highest BCUT2D eigenvalue weighted by molar-refractivity contribution is 5.81. The number of nitrogens with zero attached hydrogens (tertiary/aromatic N) is 1. The highest BCUT2D eigenvalue weighted by atomic mass is 16.4. The predicted octanol–water partition coefficient (Wildman–Crippen LogP) is 2.15. The number of aromatic nitrogens is 2. The van der Waals surface area contributed by atoms with Crippen LogP contribution in [0.4, 0.5) is 0 Å². The molecule has 5 heteroatoms. The van der Waals surface area contributed by atoms with Crippen molar-refractivity contribution >= 4 is 10.9 Å². The third-order valence-electron chi connectivity index (χ3n) is 3.40. The molecular weight excluding hydrogens is 254 g/mol. The fourth-order valence-corrected chi connectivity index (χ4v) is 2.29. The van der Waals surface area contributed by atoms with E-state index in [0.29, 0.717) is 18.8 Å². The van der Waals surface area contributed by atoms with E-state index in [1.54, 1.807) is 31.5 Å². The number of fused-ring (bicyclic) bond motifs is 1. The number of para-hydroxylation sites is 1. The summed E-state index contributed by atoms with van der Waals surface area (Å²) in [6.45, 7) is 2.79. The van der Waals surface area contributed by atoms with Crippen molar-refractivity contribution < 1.29 is 9.52 Å². The molecule has 3 aromatic rings. The van der Waals surface area contributed by atoms with Crippen molar-refractivity contribution in [3.8, 4) is 0 Å². The van der Waals surface area contributed by atoms with Crippen molar-refractivity contribution in [1.29, 1.82) is 0 Å². The van der Waals surface area contributed by atoms with Crippen molar-refractivity contribution in [2.75, 3.05) is 6.54 Å². The summed E-state index contributed by atoms with van der Waals surface area (Å²) < 4.78 is 5.25. The molecule has 1 atom stereocenters. The van der Waals surface area contributed by atoms with Crippen LogP contribution in [-0.2, 0) is 12.1 Å². The molecule has 0 bridgehead atoms. The summed E-state index contributed by atoms with van der Waals surface area (Å²) in [5.74, 6) is 0.560.